The molecule has 4 heteroatoms. The summed E-state index contributed by atoms with van der Waals surface area (Å²) in [5, 5.41) is 9.90. The van der Waals surface area contributed by atoms with Crippen LogP contribution in [0.25, 0.3) is 0 Å². The van der Waals surface area contributed by atoms with Crippen LogP contribution in [0, 0.1) is 0 Å². The predicted octanol–water partition coefficient (Wildman–Crippen LogP) is 2.02. The van der Waals surface area contributed by atoms with Crippen molar-refractivity contribution in [2.45, 2.75) is 38.7 Å². The van der Waals surface area contributed by atoms with E-state index in [0.29, 0.717) is 12.2 Å². The SMILES string of the molecule is CCOC(=O)c1cnc2c(c1)CCCCC2O. The maximum atomic E-state index is 11.6. The molecule has 0 aromatic carbocycles. The molecule has 1 aliphatic rings. The lowest BCUT2D eigenvalue weighted by Crippen LogP contribution is -2.09. The van der Waals surface area contributed by atoms with Gasteiger partial charge in [0.05, 0.1) is 24.0 Å². The molecule has 0 bridgehead atoms. The van der Waals surface area contributed by atoms with Gasteiger partial charge in [0.2, 0.25) is 0 Å². The Morgan fingerprint density at radius 3 is 3.18 bits per heavy atom. The lowest BCUT2D eigenvalue weighted by molar-refractivity contribution is 0.0525. The van der Waals surface area contributed by atoms with Crippen molar-refractivity contribution in [3.8, 4) is 0 Å². The van der Waals surface area contributed by atoms with Gasteiger partial charge in [-0.3, -0.25) is 4.98 Å². The number of aliphatic hydroxyl groups excluding tert-OH is 1. The van der Waals surface area contributed by atoms with Crippen molar-refractivity contribution >= 4 is 5.97 Å². The number of pyridine rings is 1. The molecule has 0 radical (unpaired) electrons. The standard InChI is InChI=1S/C13H17NO3/c1-2-17-13(16)10-7-9-5-3-4-6-11(15)12(9)14-8-10/h7-8,11,15H,2-6H2,1H3. The average Bonchev–Trinajstić information content (AvgIpc) is 2.51. The third-order valence-electron chi connectivity index (χ3n) is 3.00. The molecule has 1 aromatic heterocycles. The molecule has 1 aliphatic carbocycles. The molecule has 0 aliphatic heterocycles. The van der Waals surface area contributed by atoms with Crippen LogP contribution < -0.4 is 0 Å². The Kier molecular flexibility index (Phi) is 3.74. The third-order valence-corrected chi connectivity index (χ3v) is 3.00. The highest BCUT2D eigenvalue weighted by molar-refractivity contribution is 5.89. The second-order valence-electron chi connectivity index (χ2n) is 4.25. The van der Waals surface area contributed by atoms with Gasteiger partial charge in [-0.1, -0.05) is 6.42 Å². The van der Waals surface area contributed by atoms with E-state index < -0.39 is 6.10 Å². The number of ether oxygens (including phenoxy) is 1. The zero-order chi connectivity index (χ0) is 12.3. The molecule has 1 unspecified atom stereocenters. The van der Waals surface area contributed by atoms with E-state index in [1.54, 1.807) is 13.0 Å². The predicted molar refractivity (Wildman–Crippen MR) is 62.7 cm³/mol. The fraction of sp³-hybridized carbons (Fsp3) is 0.538. The molecular weight excluding hydrogens is 218 g/mol. The average molecular weight is 235 g/mol. The molecule has 17 heavy (non-hydrogen) atoms. The first kappa shape index (κ1) is 12.0. The lowest BCUT2D eigenvalue weighted by atomic mass is 10.1. The Bertz CT molecular complexity index is 417. The van der Waals surface area contributed by atoms with E-state index in [2.05, 4.69) is 4.98 Å². The molecule has 92 valence electrons. The zero-order valence-electron chi connectivity index (χ0n) is 9.98. The number of aromatic nitrogens is 1. The number of aryl methyl sites for hydroxylation is 1. The summed E-state index contributed by atoms with van der Waals surface area (Å²) in [6.45, 7) is 2.14. The molecule has 0 saturated carbocycles. The van der Waals surface area contributed by atoms with E-state index in [1.807, 2.05) is 0 Å². The molecule has 2 rings (SSSR count). The Hall–Kier alpha value is -1.42. The van der Waals surface area contributed by atoms with Gasteiger partial charge >= 0.3 is 5.97 Å². The van der Waals surface area contributed by atoms with Gasteiger partial charge in [-0.05, 0) is 37.8 Å². The summed E-state index contributed by atoms with van der Waals surface area (Å²) in [7, 11) is 0. The van der Waals surface area contributed by atoms with Crippen LogP contribution >= 0.6 is 0 Å². The monoisotopic (exact) mass is 235 g/mol. The van der Waals surface area contributed by atoms with Crippen LogP contribution in [0.5, 0.6) is 0 Å². The highest BCUT2D eigenvalue weighted by Gasteiger charge is 2.19. The molecule has 0 saturated heterocycles. The number of hydrogen-bond acceptors (Lipinski definition) is 4. The Labute approximate surface area is 101 Å². The topological polar surface area (TPSA) is 59.4 Å². The van der Waals surface area contributed by atoms with Crippen LogP contribution in [-0.4, -0.2) is 22.7 Å². The molecule has 4 nitrogen and oxygen atoms in total. The zero-order valence-corrected chi connectivity index (χ0v) is 9.98. The fourth-order valence-corrected chi connectivity index (χ4v) is 2.14. The number of carbonyl (C=O) groups is 1. The summed E-state index contributed by atoms with van der Waals surface area (Å²) in [4.78, 5) is 15.8. The number of nitrogens with zero attached hydrogens (tertiary/aromatic N) is 1. The van der Waals surface area contributed by atoms with Gasteiger partial charge < -0.3 is 9.84 Å². The van der Waals surface area contributed by atoms with Crippen LogP contribution in [0.1, 0.15) is 53.9 Å². The van der Waals surface area contributed by atoms with Crippen LogP contribution in [0.15, 0.2) is 12.3 Å². The second kappa shape index (κ2) is 5.27. The molecular formula is C13H17NO3. The molecule has 0 fully saturated rings. The minimum absolute atomic E-state index is 0.346. The first-order valence-corrected chi connectivity index (χ1v) is 6.06. The Morgan fingerprint density at radius 2 is 2.41 bits per heavy atom. The van der Waals surface area contributed by atoms with E-state index in [4.69, 9.17) is 4.74 Å². The van der Waals surface area contributed by atoms with E-state index >= 15 is 0 Å². The summed E-state index contributed by atoms with van der Waals surface area (Å²) in [5.41, 5.74) is 2.16. The number of carbonyl (C=O) groups excluding carboxylic acids is 1. The Morgan fingerprint density at radius 1 is 1.59 bits per heavy atom. The second-order valence-corrected chi connectivity index (χ2v) is 4.25. The van der Waals surface area contributed by atoms with Crippen molar-refractivity contribution in [2.75, 3.05) is 6.61 Å². The van der Waals surface area contributed by atoms with Crippen molar-refractivity contribution in [1.29, 1.82) is 0 Å². The van der Waals surface area contributed by atoms with Crippen LogP contribution in [0.3, 0.4) is 0 Å². The number of hydrogen-bond donors (Lipinski definition) is 1. The molecule has 1 aromatic rings. The summed E-state index contributed by atoms with van der Waals surface area (Å²) in [6, 6.07) is 1.80. The summed E-state index contributed by atoms with van der Waals surface area (Å²) in [5.74, 6) is -0.346. The van der Waals surface area contributed by atoms with Gasteiger partial charge in [0.25, 0.3) is 0 Å². The third kappa shape index (κ3) is 2.64. The molecule has 1 heterocycles. The van der Waals surface area contributed by atoms with Crippen LogP contribution in [0.2, 0.25) is 0 Å². The van der Waals surface area contributed by atoms with Crippen LogP contribution in [0.4, 0.5) is 0 Å². The van der Waals surface area contributed by atoms with Gasteiger partial charge in [-0.2, -0.15) is 0 Å². The lowest BCUT2D eigenvalue weighted by Gasteiger charge is -2.11. The van der Waals surface area contributed by atoms with Gasteiger partial charge in [0.15, 0.2) is 0 Å². The smallest absolute Gasteiger partial charge is 0.339 e. The molecule has 1 N–H and O–H groups in total. The summed E-state index contributed by atoms with van der Waals surface area (Å²) in [6.07, 6.45) is 4.63. The van der Waals surface area contributed by atoms with E-state index in [0.717, 1.165) is 36.9 Å². The number of aliphatic hydroxyl groups is 1. The molecule has 0 amide bonds. The van der Waals surface area contributed by atoms with Crippen LogP contribution in [-0.2, 0) is 11.2 Å². The first-order valence-electron chi connectivity index (χ1n) is 6.06. The number of rotatable bonds is 2. The summed E-state index contributed by atoms with van der Waals surface area (Å²) >= 11 is 0. The minimum Gasteiger partial charge on any atom is -0.462 e. The quantitative estimate of drug-likeness (QED) is 0.629. The van der Waals surface area contributed by atoms with Gasteiger partial charge in [0, 0.05) is 6.20 Å². The Balaban J connectivity index is 2.29. The fourth-order valence-electron chi connectivity index (χ4n) is 2.14. The van der Waals surface area contributed by atoms with Crippen molar-refractivity contribution in [3.05, 3.63) is 29.1 Å². The van der Waals surface area contributed by atoms with E-state index in [1.165, 1.54) is 6.20 Å². The van der Waals surface area contributed by atoms with Gasteiger partial charge in [-0.15, -0.1) is 0 Å². The molecule has 0 spiro atoms. The maximum absolute atomic E-state index is 11.6. The number of esters is 1. The van der Waals surface area contributed by atoms with Crippen molar-refractivity contribution in [1.82, 2.24) is 4.98 Å². The van der Waals surface area contributed by atoms with E-state index in [-0.39, 0.29) is 5.97 Å². The normalized spacial score (nSPS) is 19.3. The maximum Gasteiger partial charge on any atom is 0.339 e. The molecule has 1 atom stereocenters. The van der Waals surface area contributed by atoms with Crippen molar-refractivity contribution in [3.63, 3.8) is 0 Å². The minimum atomic E-state index is -0.497. The van der Waals surface area contributed by atoms with Crippen molar-refractivity contribution in [2.24, 2.45) is 0 Å². The number of fused-ring (bicyclic) bond motifs is 1. The highest BCUT2D eigenvalue weighted by Crippen LogP contribution is 2.27. The largest absolute Gasteiger partial charge is 0.462 e. The van der Waals surface area contributed by atoms with E-state index in [9.17, 15) is 9.90 Å². The van der Waals surface area contributed by atoms with Crippen molar-refractivity contribution < 1.29 is 14.6 Å². The summed E-state index contributed by atoms with van der Waals surface area (Å²) < 4.78 is 4.94. The first-order chi connectivity index (χ1) is 8.22. The highest BCUT2D eigenvalue weighted by atomic mass is 16.5. The van der Waals surface area contributed by atoms with Gasteiger partial charge in [-0.25, -0.2) is 4.79 Å². The van der Waals surface area contributed by atoms with Gasteiger partial charge in [0.1, 0.15) is 0 Å².